The maximum atomic E-state index is 13.5. The summed E-state index contributed by atoms with van der Waals surface area (Å²) in [7, 11) is 0. The lowest BCUT2D eigenvalue weighted by Crippen LogP contribution is -2.28. The molecule has 5 nitrogen and oxygen atoms in total. The van der Waals surface area contributed by atoms with E-state index in [1.165, 1.54) is 0 Å². The number of Topliss-reactive ketones (excluding diaryl/α,β-unsaturated/α-hetero) is 1. The van der Waals surface area contributed by atoms with Crippen molar-refractivity contribution < 1.29 is 9.59 Å². The van der Waals surface area contributed by atoms with Crippen molar-refractivity contribution in [2.45, 2.75) is 19.3 Å². The van der Waals surface area contributed by atoms with Crippen LogP contribution in [0.3, 0.4) is 0 Å². The second kappa shape index (κ2) is 7.11. The van der Waals surface area contributed by atoms with Crippen LogP contribution in [0.2, 0.25) is 5.02 Å². The Morgan fingerprint density at radius 2 is 1.87 bits per heavy atom. The van der Waals surface area contributed by atoms with Gasteiger partial charge in [0.2, 0.25) is 5.91 Å². The van der Waals surface area contributed by atoms with E-state index in [-0.39, 0.29) is 18.1 Å². The SMILES string of the molecule is Cc1nn(-c2cccc(Cl)c2)c2c1C(C(=O)c1ccc3ccccc3c1)CC(=O)N2. The molecule has 4 aromatic rings. The Hall–Kier alpha value is -3.44. The summed E-state index contributed by atoms with van der Waals surface area (Å²) in [4.78, 5) is 26.0. The standard InChI is InChI=1S/C24H18ClN3O2/c1-14-22-20(23(30)17-10-9-15-5-2-3-6-16(15)11-17)13-21(29)26-24(22)28(27-14)19-8-4-7-18(25)12-19/h2-12,20H,13H2,1H3,(H,26,29). The molecule has 30 heavy (non-hydrogen) atoms. The average Bonchev–Trinajstić information content (AvgIpc) is 3.08. The Bertz CT molecular complexity index is 1330. The van der Waals surface area contributed by atoms with Crippen molar-refractivity contribution in [3.05, 3.63) is 88.6 Å². The molecule has 6 heteroatoms. The van der Waals surface area contributed by atoms with Gasteiger partial charge in [0.05, 0.1) is 17.3 Å². The molecule has 148 valence electrons. The normalized spacial score (nSPS) is 15.7. The van der Waals surface area contributed by atoms with E-state index in [4.69, 9.17) is 11.6 Å². The van der Waals surface area contributed by atoms with Gasteiger partial charge in [0, 0.05) is 22.6 Å². The second-order valence-corrected chi connectivity index (χ2v) is 7.91. The minimum atomic E-state index is -0.581. The van der Waals surface area contributed by atoms with E-state index in [1.807, 2.05) is 61.5 Å². The Morgan fingerprint density at radius 3 is 2.67 bits per heavy atom. The van der Waals surface area contributed by atoms with Gasteiger partial charge in [-0.15, -0.1) is 0 Å². The van der Waals surface area contributed by atoms with Crippen molar-refractivity contribution in [2.75, 3.05) is 5.32 Å². The van der Waals surface area contributed by atoms with Crippen LogP contribution in [0.5, 0.6) is 0 Å². The molecule has 0 fully saturated rings. The fraction of sp³-hybridized carbons (Fsp3) is 0.125. The fourth-order valence-corrected chi connectivity index (χ4v) is 4.29. The van der Waals surface area contributed by atoms with Crippen LogP contribution >= 0.6 is 11.6 Å². The lowest BCUT2D eigenvalue weighted by Gasteiger charge is -2.23. The van der Waals surface area contributed by atoms with Gasteiger partial charge < -0.3 is 5.32 Å². The van der Waals surface area contributed by atoms with Gasteiger partial charge >= 0.3 is 0 Å². The first-order valence-corrected chi connectivity index (χ1v) is 10.1. The topological polar surface area (TPSA) is 64.0 Å². The highest BCUT2D eigenvalue weighted by atomic mass is 35.5. The Labute approximate surface area is 178 Å². The third-order valence-corrected chi connectivity index (χ3v) is 5.74. The van der Waals surface area contributed by atoms with E-state index >= 15 is 0 Å². The molecule has 1 amide bonds. The maximum Gasteiger partial charge on any atom is 0.226 e. The number of aromatic nitrogens is 2. The third-order valence-electron chi connectivity index (χ3n) is 5.51. The van der Waals surface area contributed by atoms with E-state index in [2.05, 4.69) is 10.4 Å². The summed E-state index contributed by atoms with van der Waals surface area (Å²) in [5.74, 6) is -0.330. The molecule has 0 aliphatic carbocycles. The van der Waals surface area contributed by atoms with E-state index in [9.17, 15) is 9.59 Å². The molecule has 1 aliphatic rings. The number of anilines is 1. The first kappa shape index (κ1) is 18.6. The zero-order chi connectivity index (χ0) is 20.8. The number of fused-ring (bicyclic) bond motifs is 2. The predicted molar refractivity (Wildman–Crippen MR) is 118 cm³/mol. The van der Waals surface area contributed by atoms with Crippen molar-refractivity contribution >= 4 is 39.9 Å². The number of halogens is 1. The molecule has 3 aromatic carbocycles. The summed E-state index contributed by atoms with van der Waals surface area (Å²) in [6, 6.07) is 20.8. The van der Waals surface area contributed by atoms with E-state index in [0.717, 1.165) is 22.0 Å². The van der Waals surface area contributed by atoms with Crippen LogP contribution in [-0.2, 0) is 4.79 Å². The van der Waals surface area contributed by atoms with Crippen LogP contribution in [0.1, 0.15) is 34.0 Å². The maximum absolute atomic E-state index is 13.5. The van der Waals surface area contributed by atoms with Gasteiger partial charge in [0.15, 0.2) is 5.78 Å². The summed E-state index contributed by atoms with van der Waals surface area (Å²) >= 11 is 6.14. The zero-order valence-electron chi connectivity index (χ0n) is 16.2. The van der Waals surface area contributed by atoms with Gasteiger partial charge in [-0.2, -0.15) is 5.10 Å². The fourth-order valence-electron chi connectivity index (χ4n) is 4.11. The van der Waals surface area contributed by atoms with Gasteiger partial charge in [0.1, 0.15) is 5.82 Å². The number of rotatable bonds is 3. The van der Waals surface area contributed by atoms with Gasteiger partial charge in [-0.3, -0.25) is 9.59 Å². The molecule has 0 saturated carbocycles. The van der Waals surface area contributed by atoms with Crippen LogP contribution in [0.4, 0.5) is 5.82 Å². The first-order valence-electron chi connectivity index (χ1n) is 9.69. The van der Waals surface area contributed by atoms with Gasteiger partial charge in [-0.1, -0.05) is 54.1 Å². The van der Waals surface area contributed by atoms with Crippen molar-refractivity contribution in [1.29, 1.82) is 0 Å². The molecule has 0 saturated heterocycles. The summed E-state index contributed by atoms with van der Waals surface area (Å²) < 4.78 is 1.65. The highest BCUT2D eigenvalue weighted by Crippen LogP contribution is 2.38. The smallest absolute Gasteiger partial charge is 0.226 e. The largest absolute Gasteiger partial charge is 0.310 e. The van der Waals surface area contributed by atoms with Crippen LogP contribution in [0.25, 0.3) is 16.5 Å². The average molecular weight is 416 g/mol. The number of carbonyl (C=O) groups is 2. The molecule has 0 radical (unpaired) electrons. The molecular formula is C24H18ClN3O2. The Morgan fingerprint density at radius 1 is 1.07 bits per heavy atom. The molecule has 5 rings (SSSR count). The molecule has 1 aromatic heterocycles. The van der Waals surface area contributed by atoms with E-state index in [1.54, 1.807) is 16.8 Å². The first-order chi connectivity index (χ1) is 14.5. The second-order valence-electron chi connectivity index (χ2n) is 7.47. The minimum absolute atomic E-state index is 0.0782. The number of nitrogens with zero attached hydrogens (tertiary/aromatic N) is 2. The van der Waals surface area contributed by atoms with Crippen LogP contribution in [0, 0.1) is 6.92 Å². The molecule has 0 spiro atoms. The predicted octanol–water partition coefficient (Wildman–Crippen LogP) is 5.30. The number of hydrogen-bond acceptors (Lipinski definition) is 3. The molecule has 1 atom stereocenters. The number of amides is 1. The molecule has 1 aliphatic heterocycles. The van der Waals surface area contributed by atoms with E-state index in [0.29, 0.717) is 22.1 Å². The molecule has 1 N–H and O–H groups in total. The number of benzene rings is 3. The van der Waals surface area contributed by atoms with Crippen molar-refractivity contribution in [3.63, 3.8) is 0 Å². The summed E-state index contributed by atoms with van der Waals surface area (Å²) in [6.45, 7) is 1.86. The molecule has 2 heterocycles. The van der Waals surface area contributed by atoms with E-state index < -0.39 is 5.92 Å². The van der Waals surface area contributed by atoms with Crippen molar-refractivity contribution in [2.24, 2.45) is 0 Å². The Kier molecular flexibility index (Phi) is 4.40. The highest BCUT2D eigenvalue weighted by molar-refractivity contribution is 6.30. The minimum Gasteiger partial charge on any atom is -0.310 e. The van der Waals surface area contributed by atoms with Crippen LogP contribution < -0.4 is 5.32 Å². The summed E-state index contributed by atoms with van der Waals surface area (Å²) in [6.07, 6.45) is 0.0980. The summed E-state index contributed by atoms with van der Waals surface area (Å²) in [5.41, 5.74) is 2.79. The number of nitrogens with one attached hydrogen (secondary N) is 1. The number of ketones is 1. The summed E-state index contributed by atoms with van der Waals surface area (Å²) in [5, 5.41) is 10.1. The lowest BCUT2D eigenvalue weighted by molar-refractivity contribution is -0.116. The molecule has 1 unspecified atom stereocenters. The third kappa shape index (κ3) is 3.08. The lowest BCUT2D eigenvalue weighted by atomic mass is 9.85. The monoisotopic (exact) mass is 415 g/mol. The molecule has 0 bridgehead atoms. The van der Waals surface area contributed by atoms with Gasteiger partial charge in [0.25, 0.3) is 0 Å². The zero-order valence-corrected chi connectivity index (χ0v) is 17.0. The molecular weight excluding hydrogens is 398 g/mol. The Balaban J connectivity index is 1.61. The number of carbonyl (C=O) groups excluding carboxylic acids is 2. The van der Waals surface area contributed by atoms with Gasteiger partial charge in [-0.25, -0.2) is 4.68 Å². The van der Waals surface area contributed by atoms with Crippen LogP contribution in [-0.4, -0.2) is 21.5 Å². The van der Waals surface area contributed by atoms with Gasteiger partial charge in [-0.05, 0) is 42.0 Å². The number of aryl methyl sites for hydroxylation is 1. The highest BCUT2D eigenvalue weighted by Gasteiger charge is 2.36. The number of hydrogen-bond donors (Lipinski definition) is 1. The van der Waals surface area contributed by atoms with Crippen molar-refractivity contribution in [3.8, 4) is 5.69 Å². The quantitative estimate of drug-likeness (QED) is 0.462. The van der Waals surface area contributed by atoms with Crippen LogP contribution in [0.15, 0.2) is 66.7 Å². The van der Waals surface area contributed by atoms with Crippen molar-refractivity contribution in [1.82, 2.24) is 9.78 Å².